The van der Waals surface area contributed by atoms with Crippen LogP contribution in [0.3, 0.4) is 0 Å². The Morgan fingerprint density at radius 1 is 1.28 bits per heavy atom. The van der Waals surface area contributed by atoms with Gasteiger partial charge in [-0.15, -0.1) is 0 Å². The second kappa shape index (κ2) is 8.33. The van der Waals surface area contributed by atoms with Crippen LogP contribution < -0.4 is 5.73 Å². The first-order chi connectivity index (χ1) is 11.8. The number of halogens is 3. The van der Waals surface area contributed by atoms with Gasteiger partial charge >= 0.3 is 12.1 Å². The van der Waals surface area contributed by atoms with Gasteiger partial charge in [-0.2, -0.15) is 13.2 Å². The molecule has 1 aromatic carbocycles. The summed E-state index contributed by atoms with van der Waals surface area (Å²) in [5.41, 5.74) is 6.49. The van der Waals surface area contributed by atoms with Crippen LogP contribution in [0.5, 0.6) is 0 Å². The molecule has 5 nitrogen and oxygen atoms in total. The van der Waals surface area contributed by atoms with E-state index in [1.165, 1.54) is 0 Å². The lowest BCUT2D eigenvalue weighted by atomic mass is 9.96. The van der Waals surface area contributed by atoms with Gasteiger partial charge in [0, 0.05) is 13.1 Å². The second-order valence-corrected chi connectivity index (χ2v) is 6.12. The maximum Gasteiger partial charge on any atom is 0.393 e. The molecular formula is C17H21F3N2O3. The molecule has 0 aliphatic carbocycles. The molecule has 1 aliphatic heterocycles. The maximum absolute atomic E-state index is 12.8. The lowest BCUT2D eigenvalue weighted by Crippen LogP contribution is -2.50. The van der Waals surface area contributed by atoms with Crippen molar-refractivity contribution in [1.29, 1.82) is 0 Å². The van der Waals surface area contributed by atoms with E-state index in [1.54, 1.807) is 24.3 Å². The van der Waals surface area contributed by atoms with Crippen LogP contribution in [0.4, 0.5) is 13.2 Å². The van der Waals surface area contributed by atoms with Gasteiger partial charge in [-0.25, -0.2) is 0 Å². The minimum atomic E-state index is -4.34. The number of benzene rings is 1. The van der Waals surface area contributed by atoms with E-state index in [-0.39, 0.29) is 32.4 Å². The van der Waals surface area contributed by atoms with Crippen molar-refractivity contribution in [3.8, 4) is 0 Å². The summed E-state index contributed by atoms with van der Waals surface area (Å²) < 4.78 is 43.5. The van der Waals surface area contributed by atoms with E-state index in [1.807, 2.05) is 6.07 Å². The van der Waals surface area contributed by atoms with Crippen molar-refractivity contribution in [2.75, 3.05) is 13.1 Å². The second-order valence-electron chi connectivity index (χ2n) is 6.12. The molecule has 1 amide bonds. The Labute approximate surface area is 143 Å². The fourth-order valence-corrected chi connectivity index (χ4v) is 2.74. The molecule has 2 N–H and O–H groups in total. The molecule has 0 saturated carbocycles. The fraction of sp³-hybridized carbons (Fsp3) is 0.529. The molecule has 0 bridgehead atoms. The molecule has 0 spiro atoms. The van der Waals surface area contributed by atoms with Gasteiger partial charge in [0.15, 0.2) is 0 Å². The van der Waals surface area contributed by atoms with Crippen LogP contribution in [0.2, 0.25) is 0 Å². The molecule has 2 rings (SSSR count). The highest BCUT2D eigenvalue weighted by molar-refractivity contribution is 5.86. The Balaban J connectivity index is 1.82. The van der Waals surface area contributed by atoms with Crippen molar-refractivity contribution in [2.45, 2.75) is 38.1 Å². The van der Waals surface area contributed by atoms with Crippen LogP contribution in [-0.4, -0.2) is 42.1 Å². The van der Waals surface area contributed by atoms with E-state index < -0.39 is 36.6 Å². The largest absolute Gasteiger partial charge is 0.461 e. The molecule has 138 valence electrons. The summed E-state index contributed by atoms with van der Waals surface area (Å²) in [4.78, 5) is 25.1. The topological polar surface area (TPSA) is 72.6 Å². The number of carbonyl (C=O) groups excluding carboxylic acids is 2. The Hall–Kier alpha value is -2.09. The molecule has 1 aliphatic rings. The number of nitrogens with two attached hydrogens (primary N) is 1. The summed E-state index contributed by atoms with van der Waals surface area (Å²) in [6.07, 6.45) is -4.43. The third kappa shape index (κ3) is 5.74. The Kier molecular flexibility index (Phi) is 6.41. The van der Waals surface area contributed by atoms with Crippen LogP contribution in [0.15, 0.2) is 30.3 Å². The quantitative estimate of drug-likeness (QED) is 0.820. The smallest absolute Gasteiger partial charge is 0.393 e. The minimum Gasteiger partial charge on any atom is -0.461 e. The molecule has 0 radical (unpaired) electrons. The highest BCUT2D eigenvalue weighted by atomic mass is 19.4. The fourth-order valence-electron chi connectivity index (χ4n) is 2.74. The van der Waals surface area contributed by atoms with Gasteiger partial charge < -0.3 is 15.4 Å². The number of likely N-dealkylation sites (tertiary alicyclic amines) is 1. The molecule has 1 heterocycles. The average molecular weight is 358 g/mol. The summed E-state index contributed by atoms with van der Waals surface area (Å²) in [7, 11) is 0. The van der Waals surface area contributed by atoms with E-state index in [9.17, 15) is 22.8 Å². The van der Waals surface area contributed by atoms with Crippen LogP contribution in [-0.2, 0) is 20.9 Å². The third-order valence-corrected chi connectivity index (χ3v) is 4.14. The molecule has 1 saturated heterocycles. The molecule has 8 heteroatoms. The highest BCUT2D eigenvalue weighted by Gasteiger charge is 2.43. The van der Waals surface area contributed by atoms with Crippen molar-refractivity contribution < 1.29 is 27.5 Å². The summed E-state index contributed by atoms with van der Waals surface area (Å²) in [6, 6.07) is 7.78. The Morgan fingerprint density at radius 2 is 1.96 bits per heavy atom. The number of ether oxygens (including phenoxy) is 1. The van der Waals surface area contributed by atoms with E-state index >= 15 is 0 Å². The number of nitrogens with zero attached hydrogens (tertiary/aromatic N) is 1. The van der Waals surface area contributed by atoms with Crippen molar-refractivity contribution in [3.63, 3.8) is 0 Å². The van der Waals surface area contributed by atoms with Gasteiger partial charge in [-0.05, 0) is 18.4 Å². The van der Waals surface area contributed by atoms with Gasteiger partial charge in [0.05, 0.1) is 18.4 Å². The summed E-state index contributed by atoms with van der Waals surface area (Å²) in [6.45, 7) is -0.131. The number of hydrogen-bond acceptors (Lipinski definition) is 4. The zero-order valence-electron chi connectivity index (χ0n) is 13.7. The summed E-state index contributed by atoms with van der Waals surface area (Å²) in [5, 5.41) is 0. The van der Waals surface area contributed by atoms with Gasteiger partial charge in [0.1, 0.15) is 6.61 Å². The first-order valence-electron chi connectivity index (χ1n) is 8.08. The van der Waals surface area contributed by atoms with E-state index in [2.05, 4.69) is 0 Å². The number of piperidine rings is 1. The molecule has 1 aromatic rings. The number of carbonyl (C=O) groups is 2. The number of hydrogen-bond donors (Lipinski definition) is 1. The Bertz CT molecular complexity index is 593. The number of rotatable bonds is 5. The molecule has 1 unspecified atom stereocenters. The van der Waals surface area contributed by atoms with Crippen LogP contribution in [0.1, 0.15) is 24.8 Å². The average Bonchev–Trinajstić information content (AvgIpc) is 2.59. The predicted octanol–water partition coefficient (Wildman–Crippen LogP) is 2.25. The van der Waals surface area contributed by atoms with E-state index in [4.69, 9.17) is 10.5 Å². The highest BCUT2D eigenvalue weighted by Crippen LogP contribution is 2.33. The first kappa shape index (κ1) is 19.2. The molecule has 2 atom stereocenters. The lowest BCUT2D eigenvalue weighted by Gasteiger charge is -2.34. The van der Waals surface area contributed by atoms with Crippen molar-refractivity contribution in [3.05, 3.63) is 35.9 Å². The van der Waals surface area contributed by atoms with E-state index in [0.29, 0.717) is 0 Å². The van der Waals surface area contributed by atoms with Crippen molar-refractivity contribution in [1.82, 2.24) is 4.90 Å². The standard InChI is InChI=1S/C17H21F3N2O3/c18-17(19,20)13-7-4-8-22(10-13)16(24)14(21)9-15(23)25-11-12-5-2-1-3-6-12/h1-3,5-6,13-14H,4,7-11,21H2/t13?,14-/m0/s1. The molecular weight excluding hydrogens is 337 g/mol. The van der Waals surface area contributed by atoms with Crippen LogP contribution in [0.25, 0.3) is 0 Å². The van der Waals surface area contributed by atoms with Gasteiger partial charge in [0.25, 0.3) is 0 Å². The monoisotopic (exact) mass is 358 g/mol. The van der Waals surface area contributed by atoms with Gasteiger partial charge in [-0.1, -0.05) is 30.3 Å². The van der Waals surface area contributed by atoms with Gasteiger partial charge in [-0.3, -0.25) is 9.59 Å². The molecule has 1 fully saturated rings. The Morgan fingerprint density at radius 3 is 2.60 bits per heavy atom. The molecule has 25 heavy (non-hydrogen) atoms. The lowest BCUT2D eigenvalue weighted by molar-refractivity contribution is -0.188. The predicted molar refractivity (Wildman–Crippen MR) is 84.2 cm³/mol. The SMILES string of the molecule is N[C@@H](CC(=O)OCc1ccccc1)C(=O)N1CCCC(C(F)(F)F)C1. The maximum atomic E-state index is 12.8. The van der Waals surface area contributed by atoms with Crippen LogP contribution in [0, 0.1) is 5.92 Å². The number of alkyl halides is 3. The summed E-state index contributed by atoms with van der Waals surface area (Å²) >= 11 is 0. The minimum absolute atomic E-state index is 0.00162. The van der Waals surface area contributed by atoms with Crippen LogP contribution >= 0.6 is 0 Å². The normalized spacial score (nSPS) is 19.4. The van der Waals surface area contributed by atoms with Gasteiger partial charge in [0.2, 0.25) is 5.91 Å². The molecule has 0 aromatic heterocycles. The van der Waals surface area contributed by atoms with Crippen molar-refractivity contribution >= 4 is 11.9 Å². The van der Waals surface area contributed by atoms with E-state index in [0.717, 1.165) is 10.5 Å². The zero-order chi connectivity index (χ0) is 18.4. The third-order valence-electron chi connectivity index (χ3n) is 4.14. The van der Waals surface area contributed by atoms with Crippen molar-refractivity contribution in [2.24, 2.45) is 11.7 Å². The first-order valence-corrected chi connectivity index (χ1v) is 8.08. The number of amides is 1. The number of esters is 1. The summed E-state index contributed by atoms with van der Waals surface area (Å²) in [5.74, 6) is -2.85. The zero-order valence-corrected chi connectivity index (χ0v) is 13.7.